The summed E-state index contributed by atoms with van der Waals surface area (Å²) in [5.41, 5.74) is 2.73. The van der Waals surface area contributed by atoms with E-state index in [0.29, 0.717) is 17.2 Å². The standard InChI is InChI=1S/C41H35F6.2ClH.Zr/c1-38(2,3)28-18-17-25-21-33-32(31(25)22-28)23-34(39(4,5)6)37(36(33)24-11-7-8-12-24)35(26-13-9-15-29(19-26)40(42,43)44)27-14-10-16-30(20-27)41(45,46)47;;;/h7-11,13-20,22-23H,12H2,1-6H3;2*1H;/q-1;;;+3/p-2. The van der Waals surface area contributed by atoms with E-state index in [-0.39, 0.29) is 67.6 Å². The van der Waals surface area contributed by atoms with E-state index < -0.39 is 28.9 Å². The predicted molar refractivity (Wildman–Crippen MR) is 176 cm³/mol. The molecular formula is C41H35Cl2F6Zr. The number of alkyl halides is 6. The molecule has 0 amide bonds. The minimum atomic E-state index is -4.64. The van der Waals surface area contributed by atoms with Gasteiger partial charge in [-0.25, -0.2) is 0 Å². The molecule has 0 atom stereocenters. The van der Waals surface area contributed by atoms with Crippen LogP contribution in [0.15, 0.2) is 91.0 Å². The molecule has 0 saturated heterocycles. The van der Waals surface area contributed by atoms with Crippen molar-refractivity contribution < 1.29 is 77.4 Å². The van der Waals surface area contributed by atoms with Gasteiger partial charge < -0.3 is 24.8 Å². The summed E-state index contributed by atoms with van der Waals surface area (Å²) in [6.45, 7) is 12.5. The molecule has 0 aliphatic heterocycles. The third-order valence-electron chi connectivity index (χ3n) is 8.87. The van der Waals surface area contributed by atoms with E-state index >= 15 is 0 Å². The summed E-state index contributed by atoms with van der Waals surface area (Å²) in [7, 11) is 0. The molecule has 0 bridgehead atoms. The van der Waals surface area contributed by atoms with Crippen molar-refractivity contribution in [2.75, 3.05) is 0 Å². The van der Waals surface area contributed by atoms with Gasteiger partial charge in [-0.1, -0.05) is 119 Å². The van der Waals surface area contributed by atoms with Gasteiger partial charge in [0.25, 0.3) is 0 Å². The molecule has 0 heterocycles. The van der Waals surface area contributed by atoms with Gasteiger partial charge in [-0.2, -0.15) is 26.3 Å². The second kappa shape index (κ2) is 14.6. The normalized spacial score (nSPS) is 13.6. The second-order valence-electron chi connectivity index (χ2n) is 14.3. The first-order chi connectivity index (χ1) is 21.8. The summed E-state index contributed by atoms with van der Waals surface area (Å²) in [5.74, 6) is 0. The number of fused-ring (bicyclic) bond motifs is 2. The van der Waals surface area contributed by atoms with Crippen LogP contribution in [0.4, 0.5) is 26.3 Å². The summed E-state index contributed by atoms with van der Waals surface area (Å²) < 4.78 is 84.7. The van der Waals surface area contributed by atoms with Crippen LogP contribution < -0.4 is 35.3 Å². The van der Waals surface area contributed by atoms with E-state index in [1.807, 2.05) is 45.1 Å². The van der Waals surface area contributed by atoms with E-state index in [0.717, 1.165) is 67.7 Å². The monoisotopic (exact) mass is 801 g/mol. The minimum Gasteiger partial charge on any atom is -1.00 e. The number of benzene rings is 4. The quantitative estimate of drug-likeness (QED) is 0.190. The molecule has 0 fully saturated rings. The Morgan fingerprint density at radius 1 is 0.640 bits per heavy atom. The zero-order valence-corrected chi connectivity index (χ0v) is 32.4. The van der Waals surface area contributed by atoms with Crippen LogP contribution in [-0.2, 0) is 49.4 Å². The van der Waals surface area contributed by atoms with Crippen molar-refractivity contribution in [2.24, 2.45) is 0 Å². The number of hydrogen-bond acceptors (Lipinski definition) is 0. The largest absolute Gasteiger partial charge is 3.00 e. The number of allylic oxidation sites excluding steroid dienone is 4. The molecular weight excluding hydrogens is 769 g/mol. The van der Waals surface area contributed by atoms with Crippen LogP contribution in [0.1, 0.15) is 92.5 Å². The van der Waals surface area contributed by atoms with Crippen molar-refractivity contribution >= 4 is 17.2 Å². The summed E-state index contributed by atoms with van der Waals surface area (Å²) in [6, 6.07) is 18.1. The molecule has 0 spiro atoms. The average Bonchev–Trinajstić information content (AvgIpc) is 3.63. The van der Waals surface area contributed by atoms with Crippen molar-refractivity contribution in [1.82, 2.24) is 0 Å². The Labute approximate surface area is 320 Å². The Kier molecular flexibility index (Phi) is 12.2. The van der Waals surface area contributed by atoms with Crippen molar-refractivity contribution in [3.8, 4) is 0 Å². The maximum absolute atomic E-state index is 14.1. The topological polar surface area (TPSA) is 0 Å². The summed E-state index contributed by atoms with van der Waals surface area (Å²) in [6.07, 6.45) is 0.802. The van der Waals surface area contributed by atoms with Crippen LogP contribution in [0, 0.1) is 10.4 Å². The van der Waals surface area contributed by atoms with Gasteiger partial charge in [-0.05, 0) is 69.0 Å². The molecule has 0 unspecified atom stereocenters. The summed E-state index contributed by atoms with van der Waals surface area (Å²) >= 11 is 0. The van der Waals surface area contributed by atoms with Crippen LogP contribution in [0.25, 0.3) is 17.2 Å². The molecule has 4 aromatic carbocycles. The Morgan fingerprint density at radius 2 is 1.20 bits per heavy atom. The molecule has 0 saturated carbocycles. The van der Waals surface area contributed by atoms with Gasteiger partial charge in [0.15, 0.2) is 0 Å². The smallest absolute Gasteiger partial charge is 1.00 e. The maximum atomic E-state index is 14.1. The third kappa shape index (κ3) is 7.96. The Balaban J connectivity index is 0.00000225. The molecule has 9 heteroatoms. The zero-order valence-electron chi connectivity index (χ0n) is 28.4. The SMILES string of the molecule is CC(C)(C)c1ccc2c(c1)=c1cc(C(C)(C)C)c(=C(c3cccc(C(F)(F)F)c3)c3cccc(C(F)(F)F)c3)c(C3=CC=CC3)c1[C-]=2.[Cl-].[Cl-].[Zr+3]. The van der Waals surface area contributed by atoms with Gasteiger partial charge in [0, 0.05) is 0 Å². The fraction of sp³-hybridized carbons (Fsp3) is 0.268. The van der Waals surface area contributed by atoms with E-state index in [2.05, 4.69) is 45.0 Å². The molecule has 2 aliphatic rings. The zero-order chi connectivity index (χ0) is 34.1. The molecule has 0 aromatic heterocycles. The first-order valence-electron chi connectivity index (χ1n) is 15.6. The van der Waals surface area contributed by atoms with Crippen molar-refractivity contribution in [1.29, 1.82) is 0 Å². The van der Waals surface area contributed by atoms with Gasteiger partial charge in [0.05, 0.1) is 11.1 Å². The summed E-state index contributed by atoms with van der Waals surface area (Å²) in [5, 5.41) is 3.48. The fourth-order valence-corrected chi connectivity index (χ4v) is 6.46. The summed E-state index contributed by atoms with van der Waals surface area (Å²) in [4.78, 5) is 0. The number of rotatable bonds is 3. The van der Waals surface area contributed by atoms with Gasteiger partial charge in [-0.3, -0.25) is 0 Å². The number of hydrogen-bond donors (Lipinski definition) is 0. The third-order valence-corrected chi connectivity index (χ3v) is 8.87. The average molecular weight is 804 g/mol. The molecule has 2 aliphatic carbocycles. The van der Waals surface area contributed by atoms with Crippen LogP contribution in [0.3, 0.4) is 0 Å². The van der Waals surface area contributed by atoms with Gasteiger partial charge >= 0.3 is 38.6 Å². The Bertz CT molecular complexity index is 2150. The molecule has 6 rings (SSSR count). The van der Waals surface area contributed by atoms with Crippen molar-refractivity contribution in [3.05, 3.63) is 156 Å². The van der Waals surface area contributed by atoms with Gasteiger partial charge in [-0.15, -0.1) is 33.4 Å². The molecule has 1 radical (unpaired) electrons. The van der Waals surface area contributed by atoms with Crippen molar-refractivity contribution in [3.63, 3.8) is 0 Å². The Hall–Kier alpha value is -2.86. The second-order valence-corrected chi connectivity index (χ2v) is 14.3. The van der Waals surface area contributed by atoms with E-state index in [4.69, 9.17) is 0 Å². The number of halogens is 8. The van der Waals surface area contributed by atoms with E-state index in [1.54, 1.807) is 12.1 Å². The van der Waals surface area contributed by atoms with E-state index in [1.165, 1.54) is 12.1 Å². The Morgan fingerprint density at radius 3 is 1.66 bits per heavy atom. The van der Waals surface area contributed by atoms with Gasteiger partial charge in [0.2, 0.25) is 0 Å². The molecule has 50 heavy (non-hydrogen) atoms. The maximum Gasteiger partial charge on any atom is 3.00 e. The predicted octanol–water partition coefficient (Wildman–Crippen LogP) is 4.22. The molecule has 0 nitrogen and oxygen atoms in total. The molecule has 259 valence electrons. The first kappa shape index (κ1) is 41.6. The van der Waals surface area contributed by atoms with Crippen molar-refractivity contribution in [2.45, 2.75) is 71.1 Å². The molecule has 4 aromatic rings. The fourth-order valence-electron chi connectivity index (χ4n) is 6.46. The first-order valence-corrected chi connectivity index (χ1v) is 15.6. The van der Waals surface area contributed by atoms with E-state index in [9.17, 15) is 26.3 Å². The minimum absolute atomic E-state index is 0. The van der Waals surface area contributed by atoms with Gasteiger partial charge in [0.1, 0.15) is 0 Å². The van der Waals surface area contributed by atoms with Crippen LogP contribution in [-0.4, -0.2) is 0 Å². The molecule has 0 N–H and O–H groups in total. The van der Waals surface area contributed by atoms with Crippen LogP contribution in [0.5, 0.6) is 0 Å². The van der Waals surface area contributed by atoms with Crippen LogP contribution in [0.2, 0.25) is 0 Å². The van der Waals surface area contributed by atoms with Crippen LogP contribution >= 0.6 is 0 Å².